The third-order valence-corrected chi connectivity index (χ3v) is 4.92. The van der Waals surface area contributed by atoms with Crippen molar-refractivity contribution in [3.63, 3.8) is 0 Å². The van der Waals surface area contributed by atoms with Gasteiger partial charge in [-0.1, -0.05) is 47.5 Å². The molecule has 4 nitrogen and oxygen atoms in total. The van der Waals surface area contributed by atoms with Gasteiger partial charge < -0.3 is 4.74 Å². The van der Waals surface area contributed by atoms with E-state index in [1.54, 1.807) is 12.4 Å². The smallest absolute Gasteiger partial charge is 0.417 e. The van der Waals surface area contributed by atoms with E-state index in [0.29, 0.717) is 16.6 Å². The normalized spacial score (nSPS) is 12.7. The van der Waals surface area contributed by atoms with Crippen LogP contribution in [0.1, 0.15) is 16.7 Å². The average molecular weight is 385 g/mol. The Bertz CT molecular complexity index is 1050. The van der Waals surface area contributed by atoms with Gasteiger partial charge >= 0.3 is 6.09 Å². The maximum atomic E-state index is 11.9. The lowest BCUT2D eigenvalue weighted by molar-refractivity contribution is 0.173. The van der Waals surface area contributed by atoms with Crippen molar-refractivity contribution < 1.29 is 9.53 Å². The van der Waals surface area contributed by atoms with Gasteiger partial charge in [-0.2, -0.15) is 0 Å². The summed E-state index contributed by atoms with van der Waals surface area (Å²) in [5.74, 6) is 0. The average Bonchev–Trinajstić information content (AvgIpc) is 3.01. The molecule has 0 aliphatic carbocycles. The van der Waals surface area contributed by atoms with Crippen molar-refractivity contribution in [1.82, 2.24) is 4.57 Å². The molecule has 0 bridgehead atoms. The van der Waals surface area contributed by atoms with E-state index in [1.165, 1.54) is 11.7 Å². The second-order valence-corrected chi connectivity index (χ2v) is 6.75. The molecule has 0 N–H and O–H groups in total. The predicted molar refractivity (Wildman–Crippen MR) is 103 cm³/mol. The van der Waals surface area contributed by atoms with Crippen LogP contribution in [0.2, 0.25) is 10.0 Å². The Morgan fingerprint density at radius 3 is 2.62 bits per heavy atom. The molecule has 0 amide bonds. The van der Waals surface area contributed by atoms with Gasteiger partial charge in [0.15, 0.2) is 0 Å². The number of aliphatic imine (C=N–C) groups is 1. The summed E-state index contributed by atoms with van der Waals surface area (Å²) in [5, 5.41) is 1.24. The first-order chi connectivity index (χ1) is 12.6. The minimum absolute atomic E-state index is 0.423. The van der Waals surface area contributed by atoms with E-state index in [4.69, 9.17) is 32.9 Å². The van der Waals surface area contributed by atoms with Crippen LogP contribution in [0.4, 0.5) is 4.79 Å². The SMILES string of the molecule is COC(=O)n1cc2c(c1)-c1ccc(Cl)cc1C(c1ccccc1Cl)=NC2. The molecular formula is C20H14Cl2N2O2. The highest BCUT2D eigenvalue weighted by molar-refractivity contribution is 6.36. The van der Waals surface area contributed by atoms with E-state index in [2.05, 4.69) is 0 Å². The highest BCUT2D eigenvalue weighted by atomic mass is 35.5. The van der Waals surface area contributed by atoms with Gasteiger partial charge in [-0.05, 0) is 29.3 Å². The Morgan fingerprint density at radius 1 is 1.04 bits per heavy atom. The Hall–Kier alpha value is -2.56. The number of nitrogens with zero attached hydrogens (tertiary/aromatic N) is 2. The molecule has 2 heterocycles. The van der Waals surface area contributed by atoms with Gasteiger partial charge in [-0.25, -0.2) is 4.79 Å². The zero-order chi connectivity index (χ0) is 18.3. The van der Waals surface area contributed by atoms with Gasteiger partial charge in [0.25, 0.3) is 0 Å². The van der Waals surface area contributed by atoms with E-state index in [0.717, 1.165) is 33.5 Å². The van der Waals surface area contributed by atoms with Crippen LogP contribution >= 0.6 is 23.2 Å². The maximum Gasteiger partial charge on any atom is 0.417 e. The second kappa shape index (κ2) is 6.63. The molecule has 0 radical (unpaired) electrons. The van der Waals surface area contributed by atoms with E-state index < -0.39 is 6.09 Å². The number of carbonyl (C=O) groups is 1. The number of fused-ring (bicyclic) bond motifs is 3. The fourth-order valence-corrected chi connectivity index (χ4v) is 3.55. The summed E-state index contributed by atoms with van der Waals surface area (Å²) in [6.07, 6.45) is 3.07. The molecule has 1 aromatic heterocycles. The van der Waals surface area contributed by atoms with Crippen molar-refractivity contribution in [2.75, 3.05) is 7.11 Å². The van der Waals surface area contributed by atoms with Crippen LogP contribution in [0.25, 0.3) is 11.1 Å². The zero-order valence-electron chi connectivity index (χ0n) is 13.9. The number of benzene rings is 2. The van der Waals surface area contributed by atoms with E-state index >= 15 is 0 Å². The van der Waals surface area contributed by atoms with Crippen LogP contribution in [-0.4, -0.2) is 23.5 Å². The lowest BCUT2D eigenvalue weighted by Crippen LogP contribution is -2.09. The summed E-state index contributed by atoms with van der Waals surface area (Å²) in [7, 11) is 1.36. The summed E-state index contributed by atoms with van der Waals surface area (Å²) in [6, 6.07) is 13.2. The molecule has 0 spiro atoms. The van der Waals surface area contributed by atoms with Crippen LogP contribution < -0.4 is 0 Å². The largest absolute Gasteiger partial charge is 0.452 e. The molecule has 3 aromatic rings. The zero-order valence-corrected chi connectivity index (χ0v) is 15.4. The molecule has 4 rings (SSSR count). The molecule has 0 atom stereocenters. The second-order valence-electron chi connectivity index (χ2n) is 5.91. The number of halogens is 2. The molecule has 1 aliphatic rings. The van der Waals surface area contributed by atoms with Crippen LogP contribution in [0, 0.1) is 0 Å². The molecule has 0 saturated heterocycles. The number of carbonyl (C=O) groups excluding carboxylic acids is 1. The molecule has 130 valence electrons. The van der Waals surface area contributed by atoms with Gasteiger partial charge in [0.2, 0.25) is 0 Å². The summed E-state index contributed by atoms with van der Waals surface area (Å²) in [5.41, 5.74) is 5.32. The first-order valence-corrected chi connectivity index (χ1v) is 8.73. The highest BCUT2D eigenvalue weighted by Crippen LogP contribution is 2.36. The topological polar surface area (TPSA) is 43.6 Å². The fraction of sp³-hybridized carbons (Fsp3) is 0.100. The third-order valence-electron chi connectivity index (χ3n) is 4.36. The minimum Gasteiger partial charge on any atom is -0.452 e. The fourth-order valence-electron chi connectivity index (χ4n) is 3.16. The van der Waals surface area contributed by atoms with Crippen molar-refractivity contribution in [3.8, 4) is 11.1 Å². The molecular weight excluding hydrogens is 371 g/mol. The van der Waals surface area contributed by atoms with Crippen molar-refractivity contribution in [3.05, 3.63) is 81.6 Å². The highest BCUT2D eigenvalue weighted by Gasteiger charge is 2.23. The predicted octanol–water partition coefficient (Wildman–Crippen LogP) is 5.43. The van der Waals surface area contributed by atoms with E-state index in [1.807, 2.05) is 42.5 Å². The number of rotatable bonds is 1. The molecule has 6 heteroatoms. The van der Waals surface area contributed by atoms with E-state index in [9.17, 15) is 4.79 Å². The van der Waals surface area contributed by atoms with Gasteiger partial charge in [-0.15, -0.1) is 0 Å². The number of methoxy groups -OCH3 is 1. The van der Waals surface area contributed by atoms with Crippen molar-refractivity contribution in [2.24, 2.45) is 4.99 Å². The quantitative estimate of drug-likeness (QED) is 0.561. The Kier molecular flexibility index (Phi) is 4.31. The lowest BCUT2D eigenvalue weighted by atomic mass is 9.94. The van der Waals surface area contributed by atoms with Gasteiger partial charge in [0.1, 0.15) is 0 Å². The Labute approximate surface area is 160 Å². The summed E-state index contributed by atoms with van der Waals surface area (Å²) >= 11 is 12.7. The summed E-state index contributed by atoms with van der Waals surface area (Å²) in [6.45, 7) is 0.423. The molecule has 0 fully saturated rings. The Morgan fingerprint density at radius 2 is 1.85 bits per heavy atom. The monoisotopic (exact) mass is 384 g/mol. The van der Waals surface area contributed by atoms with E-state index in [-0.39, 0.29) is 0 Å². The van der Waals surface area contributed by atoms with Gasteiger partial charge in [-0.3, -0.25) is 9.56 Å². The molecule has 1 aliphatic heterocycles. The van der Waals surface area contributed by atoms with Crippen LogP contribution in [0.5, 0.6) is 0 Å². The number of aromatic nitrogens is 1. The minimum atomic E-state index is -0.441. The van der Waals surface area contributed by atoms with Crippen LogP contribution in [-0.2, 0) is 11.3 Å². The Balaban J connectivity index is 1.95. The first-order valence-electron chi connectivity index (χ1n) is 7.97. The molecule has 0 unspecified atom stereocenters. The number of hydrogen-bond donors (Lipinski definition) is 0. The van der Waals surface area contributed by atoms with Crippen molar-refractivity contribution in [2.45, 2.75) is 6.54 Å². The van der Waals surface area contributed by atoms with Gasteiger partial charge in [0.05, 0.1) is 19.4 Å². The lowest BCUT2D eigenvalue weighted by Gasteiger charge is -2.12. The van der Waals surface area contributed by atoms with Crippen LogP contribution in [0.15, 0.2) is 59.9 Å². The molecule has 26 heavy (non-hydrogen) atoms. The first kappa shape index (κ1) is 16.9. The van der Waals surface area contributed by atoms with Gasteiger partial charge in [0, 0.05) is 39.1 Å². The number of ether oxygens (including phenoxy) is 1. The molecule has 2 aromatic carbocycles. The van der Waals surface area contributed by atoms with Crippen molar-refractivity contribution >= 4 is 35.0 Å². The third kappa shape index (κ3) is 2.81. The molecule has 0 saturated carbocycles. The number of hydrogen-bond acceptors (Lipinski definition) is 3. The standard InChI is InChI=1S/C20H14Cl2N2O2/c1-26-20(25)24-10-12-9-23-19(15-4-2-3-5-18(15)22)16-8-13(21)6-7-14(16)17(12)11-24/h2-8,10-11H,9H2,1H3. The summed E-state index contributed by atoms with van der Waals surface area (Å²) < 4.78 is 6.24. The van der Waals surface area contributed by atoms with Crippen molar-refractivity contribution in [1.29, 1.82) is 0 Å². The maximum absolute atomic E-state index is 11.9. The summed E-state index contributed by atoms with van der Waals surface area (Å²) in [4.78, 5) is 16.7. The van der Waals surface area contributed by atoms with Crippen LogP contribution in [0.3, 0.4) is 0 Å².